The molecule has 2 atom stereocenters. The van der Waals surface area contributed by atoms with E-state index in [9.17, 15) is 14.0 Å². The van der Waals surface area contributed by atoms with Gasteiger partial charge in [0.15, 0.2) is 0 Å². The number of carbonyl (C=O) groups excluding carboxylic acids is 1. The first-order valence-electron chi connectivity index (χ1n) is 6.58. The molecule has 1 aromatic carbocycles. The zero-order chi connectivity index (χ0) is 14.5. The van der Waals surface area contributed by atoms with Gasteiger partial charge in [0.1, 0.15) is 5.82 Å². The van der Waals surface area contributed by atoms with Crippen LogP contribution in [0.3, 0.4) is 0 Å². The fraction of sp³-hybridized carbons (Fsp3) is 0.429. The molecule has 1 aliphatic carbocycles. The summed E-state index contributed by atoms with van der Waals surface area (Å²) in [5.74, 6) is -1.80. The summed E-state index contributed by atoms with van der Waals surface area (Å²) in [6.07, 6.45) is 2.02. The van der Waals surface area contributed by atoms with Gasteiger partial charge in [0.05, 0.1) is 5.92 Å². The smallest absolute Gasteiger partial charge is 0.315 e. The van der Waals surface area contributed by atoms with E-state index in [2.05, 4.69) is 10.6 Å². The number of rotatable bonds is 4. The summed E-state index contributed by atoms with van der Waals surface area (Å²) in [5.41, 5.74) is 0.392. The molecule has 5 nitrogen and oxygen atoms in total. The van der Waals surface area contributed by atoms with Gasteiger partial charge in [-0.2, -0.15) is 0 Å². The Labute approximate surface area is 116 Å². The van der Waals surface area contributed by atoms with Gasteiger partial charge in [-0.3, -0.25) is 4.79 Å². The minimum absolute atomic E-state index is 0.0724. The van der Waals surface area contributed by atoms with Crippen LogP contribution in [0.5, 0.6) is 0 Å². The van der Waals surface area contributed by atoms with Gasteiger partial charge in [-0.05, 0) is 18.9 Å². The van der Waals surface area contributed by atoms with E-state index in [1.165, 1.54) is 6.07 Å². The van der Waals surface area contributed by atoms with Gasteiger partial charge in [-0.1, -0.05) is 24.6 Å². The highest BCUT2D eigenvalue weighted by Crippen LogP contribution is 2.25. The van der Waals surface area contributed by atoms with Crippen LogP contribution >= 0.6 is 0 Å². The number of halogens is 1. The number of amides is 2. The van der Waals surface area contributed by atoms with Crippen LogP contribution in [0.2, 0.25) is 0 Å². The maximum Gasteiger partial charge on any atom is 0.315 e. The lowest BCUT2D eigenvalue weighted by Crippen LogP contribution is -2.45. The average molecular weight is 280 g/mol. The molecule has 0 heterocycles. The number of nitrogens with one attached hydrogen (secondary N) is 2. The van der Waals surface area contributed by atoms with Crippen LogP contribution in [0.15, 0.2) is 24.3 Å². The molecule has 1 saturated carbocycles. The van der Waals surface area contributed by atoms with Crippen LogP contribution in [-0.4, -0.2) is 23.1 Å². The first kappa shape index (κ1) is 14.3. The van der Waals surface area contributed by atoms with E-state index in [1.807, 2.05) is 0 Å². The van der Waals surface area contributed by atoms with Crippen molar-refractivity contribution in [3.63, 3.8) is 0 Å². The molecule has 1 aromatic rings. The van der Waals surface area contributed by atoms with Crippen molar-refractivity contribution in [3.8, 4) is 0 Å². The van der Waals surface area contributed by atoms with Crippen molar-refractivity contribution >= 4 is 12.0 Å². The molecule has 0 bridgehead atoms. The van der Waals surface area contributed by atoms with E-state index in [0.29, 0.717) is 18.4 Å². The summed E-state index contributed by atoms with van der Waals surface area (Å²) < 4.78 is 13.4. The molecule has 0 saturated heterocycles. The van der Waals surface area contributed by atoms with Crippen LogP contribution in [0.4, 0.5) is 9.18 Å². The first-order chi connectivity index (χ1) is 9.58. The minimum Gasteiger partial charge on any atom is -0.481 e. The van der Waals surface area contributed by atoms with Crippen molar-refractivity contribution in [2.75, 3.05) is 0 Å². The maximum atomic E-state index is 13.4. The largest absolute Gasteiger partial charge is 0.481 e. The number of carboxylic acid groups (broad SMARTS) is 1. The highest BCUT2D eigenvalue weighted by Gasteiger charge is 2.33. The van der Waals surface area contributed by atoms with Gasteiger partial charge < -0.3 is 15.7 Å². The van der Waals surface area contributed by atoms with E-state index in [1.54, 1.807) is 18.2 Å². The molecule has 108 valence electrons. The zero-order valence-corrected chi connectivity index (χ0v) is 10.9. The van der Waals surface area contributed by atoms with E-state index < -0.39 is 17.9 Å². The van der Waals surface area contributed by atoms with Gasteiger partial charge in [-0.25, -0.2) is 9.18 Å². The standard InChI is InChI=1S/C14H17FN2O3/c15-11-6-2-1-4-9(11)8-16-14(20)17-12-7-3-5-10(12)13(18)19/h1-2,4,6,10,12H,3,5,7-8H2,(H,18,19)(H2,16,17,20). The predicted molar refractivity (Wildman–Crippen MR) is 70.5 cm³/mol. The second-order valence-corrected chi connectivity index (χ2v) is 4.90. The fourth-order valence-electron chi connectivity index (χ4n) is 2.47. The number of benzene rings is 1. The molecule has 3 N–H and O–H groups in total. The Morgan fingerprint density at radius 1 is 1.30 bits per heavy atom. The normalized spacial score (nSPS) is 21.4. The molecule has 0 radical (unpaired) electrons. The van der Waals surface area contributed by atoms with Crippen molar-refractivity contribution in [1.29, 1.82) is 0 Å². The Hall–Kier alpha value is -2.11. The molecule has 0 aromatic heterocycles. The zero-order valence-electron chi connectivity index (χ0n) is 10.9. The Morgan fingerprint density at radius 2 is 2.05 bits per heavy atom. The summed E-state index contributed by atoms with van der Waals surface area (Å²) in [4.78, 5) is 22.7. The van der Waals surface area contributed by atoms with Gasteiger partial charge in [0.25, 0.3) is 0 Å². The van der Waals surface area contributed by atoms with Crippen LogP contribution in [0.1, 0.15) is 24.8 Å². The predicted octanol–water partition coefficient (Wildman–Crippen LogP) is 1.88. The number of urea groups is 1. The fourth-order valence-corrected chi connectivity index (χ4v) is 2.47. The van der Waals surface area contributed by atoms with Crippen LogP contribution in [-0.2, 0) is 11.3 Å². The third kappa shape index (κ3) is 3.46. The quantitative estimate of drug-likeness (QED) is 0.788. The van der Waals surface area contributed by atoms with Crippen LogP contribution in [0, 0.1) is 11.7 Å². The van der Waals surface area contributed by atoms with E-state index in [0.717, 1.165) is 6.42 Å². The van der Waals surface area contributed by atoms with Crippen molar-refractivity contribution < 1.29 is 19.1 Å². The maximum absolute atomic E-state index is 13.4. The van der Waals surface area contributed by atoms with Crippen molar-refractivity contribution in [2.24, 2.45) is 5.92 Å². The summed E-state index contributed by atoms with van der Waals surface area (Å²) in [5, 5.41) is 14.2. The molecule has 0 aliphatic heterocycles. The third-order valence-electron chi connectivity index (χ3n) is 3.55. The molecule has 2 unspecified atom stereocenters. The number of hydrogen-bond donors (Lipinski definition) is 3. The lowest BCUT2D eigenvalue weighted by Gasteiger charge is -2.18. The highest BCUT2D eigenvalue weighted by molar-refractivity contribution is 5.77. The molecule has 2 rings (SSSR count). The van der Waals surface area contributed by atoms with Gasteiger partial charge in [-0.15, -0.1) is 0 Å². The molecule has 1 fully saturated rings. The molecular formula is C14H17FN2O3. The Balaban J connectivity index is 1.84. The van der Waals surface area contributed by atoms with Crippen LogP contribution in [0.25, 0.3) is 0 Å². The summed E-state index contributed by atoms with van der Waals surface area (Å²) in [6, 6.07) is 5.36. The SMILES string of the molecule is O=C(NCc1ccccc1F)NC1CCCC1C(=O)O. The summed E-state index contributed by atoms with van der Waals surface area (Å²) in [7, 11) is 0. The second-order valence-electron chi connectivity index (χ2n) is 4.90. The first-order valence-corrected chi connectivity index (χ1v) is 6.58. The Bertz CT molecular complexity index is 507. The molecular weight excluding hydrogens is 263 g/mol. The van der Waals surface area contributed by atoms with Crippen LogP contribution < -0.4 is 10.6 Å². The van der Waals surface area contributed by atoms with Gasteiger partial charge in [0.2, 0.25) is 0 Å². The second kappa shape index (κ2) is 6.36. The third-order valence-corrected chi connectivity index (χ3v) is 3.55. The number of carboxylic acids is 1. The number of carbonyl (C=O) groups is 2. The summed E-state index contributed by atoms with van der Waals surface area (Å²) in [6.45, 7) is 0.0724. The topological polar surface area (TPSA) is 78.4 Å². The molecule has 20 heavy (non-hydrogen) atoms. The minimum atomic E-state index is -0.887. The van der Waals surface area contributed by atoms with Gasteiger partial charge in [0, 0.05) is 18.2 Å². The van der Waals surface area contributed by atoms with E-state index in [4.69, 9.17) is 5.11 Å². The lowest BCUT2D eigenvalue weighted by atomic mass is 10.0. The van der Waals surface area contributed by atoms with Crippen molar-refractivity contribution in [1.82, 2.24) is 10.6 Å². The molecule has 1 aliphatic rings. The average Bonchev–Trinajstić information content (AvgIpc) is 2.86. The number of aliphatic carboxylic acids is 1. The van der Waals surface area contributed by atoms with E-state index in [-0.39, 0.29) is 18.4 Å². The number of hydrogen-bond acceptors (Lipinski definition) is 2. The monoisotopic (exact) mass is 280 g/mol. The molecule has 2 amide bonds. The molecule has 6 heteroatoms. The van der Waals surface area contributed by atoms with E-state index >= 15 is 0 Å². The molecule has 0 spiro atoms. The summed E-state index contributed by atoms with van der Waals surface area (Å²) >= 11 is 0. The van der Waals surface area contributed by atoms with Crippen molar-refractivity contribution in [2.45, 2.75) is 31.8 Å². The Kier molecular flexibility index (Phi) is 4.55. The lowest BCUT2D eigenvalue weighted by molar-refractivity contribution is -0.142. The highest BCUT2D eigenvalue weighted by atomic mass is 19.1. The van der Waals surface area contributed by atoms with Crippen molar-refractivity contribution in [3.05, 3.63) is 35.6 Å². The van der Waals surface area contributed by atoms with Gasteiger partial charge >= 0.3 is 12.0 Å². The Morgan fingerprint density at radius 3 is 2.75 bits per heavy atom.